The first kappa shape index (κ1) is 18.1. The van der Waals surface area contributed by atoms with Gasteiger partial charge in [-0.3, -0.25) is 0 Å². The third kappa shape index (κ3) is 3.61. The van der Waals surface area contributed by atoms with Gasteiger partial charge in [-0.2, -0.15) is 9.61 Å². The van der Waals surface area contributed by atoms with Crippen LogP contribution in [-0.4, -0.2) is 31.5 Å². The fraction of sp³-hybridized carbons (Fsp3) is 0.474. The van der Waals surface area contributed by atoms with Crippen molar-refractivity contribution in [1.82, 2.24) is 25.1 Å². The molecule has 0 aliphatic heterocycles. The highest BCUT2D eigenvalue weighted by atomic mass is 16.6. The maximum atomic E-state index is 12.3. The van der Waals surface area contributed by atoms with Crippen molar-refractivity contribution >= 4 is 22.5 Å². The average molecular weight is 355 g/mol. The molecule has 0 spiro atoms. The second-order valence-electron chi connectivity index (χ2n) is 7.53. The van der Waals surface area contributed by atoms with E-state index in [1.165, 1.54) is 0 Å². The Labute approximate surface area is 152 Å². The van der Waals surface area contributed by atoms with Crippen LogP contribution in [0.1, 0.15) is 52.9 Å². The molecule has 7 nitrogen and oxygen atoms in total. The summed E-state index contributed by atoms with van der Waals surface area (Å²) >= 11 is 0. The van der Waals surface area contributed by atoms with Crippen molar-refractivity contribution in [1.29, 1.82) is 0 Å². The van der Waals surface area contributed by atoms with Crippen molar-refractivity contribution in [3.8, 4) is 0 Å². The van der Waals surface area contributed by atoms with Gasteiger partial charge in [0.2, 0.25) is 0 Å². The number of alkyl carbamates (subject to hydrolysis) is 1. The summed E-state index contributed by atoms with van der Waals surface area (Å²) in [6.07, 6.45) is 2.18. The van der Waals surface area contributed by atoms with Crippen LogP contribution in [0, 0.1) is 5.92 Å². The van der Waals surface area contributed by atoms with Crippen LogP contribution < -0.4 is 5.32 Å². The molecular formula is C19H25N5O2. The molecule has 0 aliphatic carbocycles. The minimum absolute atomic E-state index is 0.142. The first-order valence-corrected chi connectivity index (χ1v) is 8.88. The summed E-state index contributed by atoms with van der Waals surface area (Å²) in [7, 11) is 0. The predicted octanol–water partition coefficient (Wildman–Crippen LogP) is 3.89. The van der Waals surface area contributed by atoms with Crippen molar-refractivity contribution in [2.45, 2.75) is 52.7 Å². The molecule has 0 saturated heterocycles. The van der Waals surface area contributed by atoms with E-state index < -0.39 is 11.7 Å². The maximum Gasteiger partial charge on any atom is 0.408 e. The minimum atomic E-state index is -0.564. The van der Waals surface area contributed by atoms with Gasteiger partial charge in [0, 0.05) is 10.8 Å². The standard InChI is InChI=1S/C19H25N5O2/c1-6-12(2)15(21-18(25)26-19(3,4)5)17-23-22-16-14-10-8-7-9-13(14)11-20-24(16)17/h7-12,15H,6H2,1-5H3,(H,21,25)/t12-,15-/m0/s1. The number of aromatic nitrogens is 4. The lowest BCUT2D eigenvalue weighted by Gasteiger charge is -2.25. The summed E-state index contributed by atoms with van der Waals surface area (Å²) in [6, 6.07) is 7.55. The minimum Gasteiger partial charge on any atom is -0.444 e. The van der Waals surface area contributed by atoms with Crippen molar-refractivity contribution in [3.05, 3.63) is 36.3 Å². The fourth-order valence-corrected chi connectivity index (χ4v) is 2.83. The molecule has 2 heterocycles. The summed E-state index contributed by atoms with van der Waals surface area (Å²) in [5.41, 5.74) is 0.114. The van der Waals surface area contributed by atoms with E-state index in [1.807, 2.05) is 45.0 Å². The lowest BCUT2D eigenvalue weighted by atomic mass is 9.98. The first-order valence-electron chi connectivity index (χ1n) is 8.88. The van der Waals surface area contributed by atoms with Gasteiger partial charge in [0.05, 0.1) is 12.2 Å². The number of nitrogens with one attached hydrogen (secondary N) is 1. The van der Waals surface area contributed by atoms with Crippen LogP contribution in [-0.2, 0) is 4.74 Å². The van der Waals surface area contributed by atoms with E-state index in [0.717, 1.165) is 17.2 Å². The molecule has 3 rings (SSSR count). The molecule has 2 aromatic heterocycles. The number of rotatable bonds is 4. The molecule has 26 heavy (non-hydrogen) atoms. The van der Waals surface area contributed by atoms with Crippen LogP contribution >= 0.6 is 0 Å². The summed E-state index contributed by atoms with van der Waals surface area (Å²) in [6.45, 7) is 9.64. The predicted molar refractivity (Wildman–Crippen MR) is 99.9 cm³/mol. The molecule has 1 N–H and O–H groups in total. The van der Waals surface area contributed by atoms with Gasteiger partial charge in [0.15, 0.2) is 11.5 Å². The number of amides is 1. The van der Waals surface area contributed by atoms with Gasteiger partial charge in [-0.25, -0.2) is 4.79 Å². The molecule has 0 unspecified atom stereocenters. The Bertz CT molecular complexity index is 928. The highest BCUT2D eigenvalue weighted by Gasteiger charge is 2.28. The quantitative estimate of drug-likeness (QED) is 0.768. The van der Waals surface area contributed by atoms with Gasteiger partial charge in [-0.05, 0) is 26.7 Å². The van der Waals surface area contributed by atoms with Gasteiger partial charge >= 0.3 is 6.09 Å². The number of hydrogen-bond acceptors (Lipinski definition) is 5. The van der Waals surface area contributed by atoms with Gasteiger partial charge < -0.3 is 10.1 Å². The third-order valence-electron chi connectivity index (χ3n) is 4.34. The number of fused-ring (bicyclic) bond motifs is 3. The van der Waals surface area contributed by atoms with Gasteiger partial charge in [-0.1, -0.05) is 44.5 Å². The van der Waals surface area contributed by atoms with Gasteiger partial charge in [0.25, 0.3) is 0 Å². The Hall–Kier alpha value is -2.70. The Kier molecular flexibility index (Phi) is 4.80. The van der Waals surface area contributed by atoms with Crippen LogP contribution in [0.2, 0.25) is 0 Å². The maximum absolute atomic E-state index is 12.3. The number of hydrogen-bond donors (Lipinski definition) is 1. The summed E-state index contributed by atoms with van der Waals surface area (Å²) < 4.78 is 7.12. The SMILES string of the molecule is CC[C@H](C)[C@H](NC(=O)OC(C)(C)C)c1nnc2c3ccccc3cnn12. The molecule has 0 fully saturated rings. The van der Waals surface area contributed by atoms with E-state index in [9.17, 15) is 4.79 Å². The molecule has 1 amide bonds. The molecule has 3 aromatic rings. The lowest BCUT2D eigenvalue weighted by Crippen LogP contribution is -2.38. The van der Waals surface area contributed by atoms with Gasteiger partial charge in [0.1, 0.15) is 5.60 Å². The third-order valence-corrected chi connectivity index (χ3v) is 4.34. The Morgan fingerprint density at radius 1 is 1.27 bits per heavy atom. The summed E-state index contributed by atoms with van der Waals surface area (Å²) in [4.78, 5) is 12.3. The number of ether oxygens (including phenoxy) is 1. The molecule has 2 atom stereocenters. The zero-order chi connectivity index (χ0) is 18.9. The molecule has 0 radical (unpaired) electrons. The monoisotopic (exact) mass is 355 g/mol. The molecular weight excluding hydrogens is 330 g/mol. The topological polar surface area (TPSA) is 81.4 Å². The normalized spacial score (nSPS) is 14.3. The van der Waals surface area contributed by atoms with E-state index in [-0.39, 0.29) is 12.0 Å². The van der Waals surface area contributed by atoms with Crippen molar-refractivity contribution in [2.24, 2.45) is 5.92 Å². The lowest BCUT2D eigenvalue weighted by molar-refractivity contribution is 0.0482. The smallest absolute Gasteiger partial charge is 0.408 e. The first-order chi connectivity index (χ1) is 12.3. The second-order valence-corrected chi connectivity index (χ2v) is 7.53. The molecule has 0 aliphatic rings. The highest BCUT2D eigenvalue weighted by molar-refractivity contribution is 5.92. The van der Waals surface area contributed by atoms with Crippen molar-refractivity contribution < 1.29 is 9.53 Å². The highest BCUT2D eigenvalue weighted by Crippen LogP contribution is 2.26. The van der Waals surface area contributed by atoms with E-state index in [4.69, 9.17) is 4.74 Å². The average Bonchev–Trinajstić information content (AvgIpc) is 3.01. The summed E-state index contributed by atoms with van der Waals surface area (Å²) in [5, 5.41) is 18.1. The second kappa shape index (κ2) is 6.90. The number of benzene rings is 1. The molecule has 1 aromatic carbocycles. The van der Waals surface area contributed by atoms with E-state index in [1.54, 1.807) is 10.7 Å². The molecule has 7 heteroatoms. The number of carbonyl (C=O) groups is 1. The van der Waals surface area contributed by atoms with E-state index >= 15 is 0 Å². The molecule has 0 bridgehead atoms. The Morgan fingerprint density at radius 3 is 2.69 bits per heavy atom. The van der Waals surface area contributed by atoms with Crippen molar-refractivity contribution in [2.75, 3.05) is 0 Å². The fourth-order valence-electron chi connectivity index (χ4n) is 2.83. The summed E-state index contributed by atoms with van der Waals surface area (Å²) in [5.74, 6) is 0.745. The zero-order valence-electron chi connectivity index (χ0n) is 15.9. The van der Waals surface area contributed by atoms with Crippen LogP contribution in [0.5, 0.6) is 0 Å². The molecule has 138 valence electrons. The van der Waals surface area contributed by atoms with Crippen molar-refractivity contribution in [3.63, 3.8) is 0 Å². The van der Waals surface area contributed by atoms with Gasteiger partial charge in [-0.15, -0.1) is 10.2 Å². The molecule has 0 saturated carbocycles. The Balaban J connectivity index is 2.01. The largest absolute Gasteiger partial charge is 0.444 e. The van der Waals surface area contributed by atoms with Crippen LogP contribution in [0.4, 0.5) is 4.79 Å². The van der Waals surface area contributed by atoms with E-state index in [2.05, 4.69) is 34.5 Å². The Morgan fingerprint density at radius 2 is 2.00 bits per heavy atom. The van der Waals surface area contributed by atoms with Crippen LogP contribution in [0.15, 0.2) is 30.5 Å². The zero-order valence-corrected chi connectivity index (χ0v) is 15.9. The van der Waals surface area contributed by atoms with Crippen LogP contribution in [0.25, 0.3) is 16.4 Å². The van der Waals surface area contributed by atoms with Crippen LogP contribution in [0.3, 0.4) is 0 Å². The number of nitrogens with zero attached hydrogens (tertiary/aromatic N) is 4. The number of carbonyl (C=O) groups excluding carboxylic acids is 1. The van der Waals surface area contributed by atoms with E-state index in [0.29, 0.717) is 11.5 Å².